The van der Waals surface area contributed by atoms with Gasteiger partial charge in [-0.05, 0) is 51.3 Å². The molecule has 0 N–H and O–H groups in total. The summed E-state index contributed by atoms with van der Waals surface area (Å²) in [5.74, 6) is 0.680. The van der Waals surface area contributed by atoms with Gasteiger partial charge in [0.05, 0.1) is 18.3 Å². The summed E-state index contributed by atoms with van der Waals surface area (Å²) in [5, 5.41) is 4.53. The molecular formula is C18H28N4O. The van der Waals surface area contributed by atoms with Crippen LogP contribution < -0.4 is 0 Å². The number of carbonyl (C=O) groups is 1. The van der Waals surface area contributed by atoms with Gasteiger partial charge in [-0.25, -0.2) is 0 Å². The Kier molecular flexibility index (Phi) is 4.38. The lowest BCUT2D eigenvalue weighted by atomic mass is 9.84. The number of hydrogen-bond acceptors (Lipinski definition) is 3. The second kappa shape index (κ2) is 6.63. The third-order valence-corrected chi connectivity index (χ3v) is 5.88. The highest BCUT2D eigenvalue weighted by molar-refractivity contribution is 5.79. The summed E-state index contributed by atoms with van der Waals surface area (Å²) >= 11 is 0. The molecule has 0 aromatic carbocycles. The molecule has 1 saturated carbocycles. The van der Waals surface area contributed by atoms with Crippen LogP contribution in [0, 0.1) is 5.92 Å². The molecule has 1 aromatic rings. The summed E-state index contributed by atoms with van der Waals surface area (Å²) in [5.41, 5.74) is 1.20. The fourth-order valence-electron chi connectivity index (χ4n) is 4.20. The molecule has 1 saturated heterocycles. The zero-order valence-electron chi connectivity index (χ0n) is 14.0. The van der Waals surface area contributed by atoms with E-state index >= 15 is 0 Å². The average Bonchev–Trinajstić information content (AvgIpc) is 3.00. The van der Waals surface area contributed by atoms with Crippen LogP contribution in [0.4, 0.5) is 0 Å². The second-order valence-corrected chi connectivity index (χ2v) is 7.46. The minimum absolute atomic E-state index is 0.298. The lowest BCUT2D eigenvalue weighted by Gasteiger charge is -2.38. The first-order valence-electron chi connectivity index (χ1n) is 9.35. The molecule has 2 fully saturated rings. The molecule has 3 aliphatic rings. The van der Waals surface area contributed by atoms with Gasteiger partial charge in [0.15, 0.2) is 0 Å². The Morgan fingerprint density at radius 2 is 2.00 bits per heavy atom. The van der Waals surface area contributed by atoms with E-state index < -0.39 is 0 Å². The fraction of sp³-hybridized carbons (Fsp3) is 0.778. The Bertz CT molecular complexity index is 545. The molecule has 5 heteroatoms. The molecule has 0 bridgehead atoms. The first kappa shape index (κ1) is 15.2. The van der Waals surface area contributed by atoms with Crippen molar-refractivity contribution in [2.75, 3.05) is 26.2 Å². The normalized spacial score (nSPS) is 25.9. The molecule has 1 atom stereocenters. The SMILES string of the molecule is O=C(C1CCC1)N1Cc2ccnn2C(CCN2CCCCC2)C1. The Labute approximate surface area is 138 Å². The van der Waals surface area contributed by atoms with Crippen LogP contribution in [0.2, 0.25) is 0 Å². The number of piperidine rings is 1. The first-order valence-corrected chi connectivity index (χ1v) is 9.35. The minimum Gasteiger partial charge on any atom is -0.334 e. The molecule has 126 valence electrons. The van der Waals surface area contributed by atoms with E-state index in [9.17, 15) is 4.79 Å². The van der Waals surface area contributed by atoms with E-state index in [1.54, 1.807) is 0 Å². The number of fused-ring (bicyclic) bond motifs is 1. The van der Waals surface area contributed by atoms with Crippen molar-refractivity contribution in [3.63, 3.8) is 0 Å². The number of rotatable bonds is 4. The number of amides is 1. The van der Waals surface area contributed by atoms with Gasteiger partial charge in [-0.2, -0.15) is 5.10 Å². The van der Waals surface area contributed by atoms with Crippen molar-refractivity contribution in [3.05, 3.63) is 18.0 Å². The lowest BCUT2D eigenvalue weighted by Crippen LogP contribution is -2.46. The lowest BCUT2D eigenvalue weighted by molar-refractivity contribution is -0.140. The van der Waals surface area contributed by atoms with Gasteiger partial charge in [0, 0.05) is 25.2 Å². The van der Waals surface area contributed by atoms with Crippen molar-refractivity contribution < 1.29 is 4.79 Å². The second-order valence-electron chi connectivity index (χ2n) is 7.46. The van der Waals surface area contributed by atoms with Gasteiger partial charge in [0.1, 0.15) is 0 Å². The van der Waals surface area contributed by atoms with Crippen molar-refractivity contribution in [2.45, 2.75) is 57.5 Å². The van der Waals surface area contributed by atoms with Gasteiger partial charge in [-0.1, -0.05) is 12.8 Å². The topological polar surface area (TPSA) is 41.4 Å². The van der Waals surface area contributed by atoms with Crippen LogP contribution in [0.15, 0.2) is 12.3 Å². The standard InChI is InChI=1S/C18H28N4O/c23-18(15-5-4-6-15)21-13-16-7-9-19-22(16)17(14-21)8-12-20-10-2-1-3-11-20/h7,9,15,17H,1-6,8,10-14H2. The number of carbonyl (C=O) groups excluding carboxylic acids is 1. The van der Waals surface area contributed by atoms with Gasteiger partial charge < -0.3 is 9.80 Å². The predicted molar refractivity (Wildman–Crippen MR) is 88.9 cm³/mol. The Morgan fingerprint density at radius 1 is 1.17 bits per heavy atom. The van der Waals surface area contributed by atoms with Crippen molar-refractivity contribution in [1.82, 2.24) is 19.6 Å². The maximum absolute atomic E-state index is 12.6. The zero-order chi connectivity index (χ0) is 15.6. The molecule has 1 amide bonds. The summed E-state index contributed by atoms with van der Waals surface area (Å²) in [6.07, 6.45) is 10.4. The molecule has 5 nitrogen and oxygen atoms in total. The van der Waals surface area contributed by atoms with Crippen molar-refractivity contribution in [1.29, 1.82) is 0 Å². The van der Waals surface area contributed by atoms with Crippen LogP contribution in [0.1, 0.15) is 56.7 Å². The average molecular weight is 316 g/mol. The molecule has 23 heavy (non-hydrogen) atoms. The van der Waals surface area contributed by atoms with E-state index in [0.717, 1.165) is 38.9 Å². The van der Waals surface area contributed by atoms with E-state index in [1.807, 2.05) is 6.20 Å². The van der Waals surface area contributed by atoms with E-state index in [1.165, 1.54) is 44.5 Å². The summed E-state index contributed by atoms with van der Waals surface area (Å²) in [6.45, 7) is 5.20. The van der Waals surface area contributed by atoms with Gasteiger partial charge in [0.25, 0.3) is 0 Å². The summed E-state index contributed by atoms with van der Waals surface area (Å²) < 4.78 is 2.18. The van der Waals surface area contributed by atoms with Gasteiger partial charge in [-0.15, -0.1) is 0 Å². The van der Waals surface area contributed by atoms with Crippen LogP contribution in [0.5, 0.6) is 0 Å². The van der Waals surface area contributed by atoms with Gasteiger partial charge >= 0.3 is 0 Å². The predicted octanol–water partition coefficient (Wildman–Crippen LogP) is 2.44. The smallest absolute Gasteiger partial charge is 0.226 e. The van der Waals surface area contributed by atoms with E-state index in [-0.39, 0.29) is 0 Å². The molecule has 3 heterocycles. The molecule has 1 aromatic heterocycles. The Hall–Kier alpha value is -1.36. The van der Waals surface area contributed by atoms with Crippen LogP contribution in [0.25, 0.3) is 0 Å². The van der Waals surface area contributed by atoms with E-state index in [2.05, 4.69) is 25.6 Å². The fourth-order valence-corrected chi connectivity index (χ4v) is 4.20. The van der Waals surface area contributed by atoms with Crippen molar-refractivity contribution >= 4 is 5.91 Å². The van der Waals surface area contributed by atoms with Crippen LogP contribution in [-0.2, 0) is 11.3 Å². The van der Waals surface area contributed by atoms with Crippen LogP contribution >= 0.6 is 0 Å². The number of hydrogen-bond donors (Lipinski definition) is 0. The summed E-state index contributed by atoms with van der Waals surface area (Å²) in [4.78, 5) is 17.3. The molecule has 0 radical (unpaired) electrons. The van der Waals surface area contributed by atoms with Crippen molar-refractivity contribution in [2.24, 2.45) is 5.92 Å². The van der Waals surface area contributed by atoms with Gasteiger partial charge in [0.2, 0.25) is 5.91 Å². The van der Waals surface area contributed by atoms with Crippen LogP contribution in [-0.4, -0.2) is 51.7 Å². The summed E-state index contributed by atoms with van der Waals surface area (Å²) in [7, 11) is 0. The van der Waals surface area contributed by atoms with Crippen LogP contribution in [0.3, 0.4) is 0 Å². The zero-order valence-corrected chi connectivity index (χ0v) is 14.0. The highest BCUT2D eigenvalue weighted by Gasteiger charge is 2.34. The number of nitrogens with zero attached hydrogens (tertiary/aromatic N) is 4. The number of likely N-dealkylation sites (tertiary alicyclic amines) is 1. The molecular weight excluding hydrogens is 288 g/mol. The Balaban J connectivity index is 1.41. The quantitative estimate of drug-likeness (QED) is 0.857. The molecule has 0 spiro atoms. The highest BCUT2D eigenvalue weighted by Crippen LogP contribution is 2.31. The first-order chi connectivity index (χ1) is 11.3. The third kappa shape index (κ3) is 3.16. The monoisotopic (exact) mass is 316 g/mol. The largest absolute Gasteiger partial charge is 0.334 e. The van der Waals surface area contributed by atoms with Gasteiger partial charge in [-0.3, -0.25) is 9.48 Å². The van der Waals surface area contributed by atoms with Crippen molar-refractivity contribution in [3.8, 4) is 0 Å². The van der Waals surface area contributed by atoms with E-state index in [4.69, 9.17) is 0 Å². The Morgan fingerprint density at radius 3 is 2.74 bits per heavy atom. The maximum Gasteiger partial charge on any atom is 0.226 e. The third-order valence-electron chi connectivity index (χ3n) is 5.88. The molecule has 4 rings (SSSR count). The molecule has 2 aliphatic heterocycles. The molecule has 1 unspecified atom stereocenters. The minimum atomic E-state index is 0.298. The highest BCUT2D eigenvalue weighted by atomic mass is 16.2. The maximum atomic E-state index is 12.6. The number of aromatic nitrogens is 2. The molecule has 1 aliphatic carbocycles. The van der Waals surface area contributed by atoms with E-state index in [0.29, 0.717) is 17.9 Å². The summed E-state index contributed by atoms with van der Waals surface area (Å²) in [6, 6.07) is 2.42.